The van der Waals surface area contributed by atoms with Gasteiger partial charge in [-0.15, -0.1) is 11.3 Å². The van der Waals surface area contributed by atoms with Crippen LogP contribution in [0.5, 0.6) is 0 Å². The summed E-state index contributed by atoms with van der Waals surface area (Å²) in [4.78, 5) is 61.6. The second kappa shape index (κ2) is 10.5. The molecule has 1 aliphatic heterocycles. The van der Waals surface area contributed by atoms with E-state index in [2.05, 4.69) is 15.2 Å². The summed E-state index contributed by atoms with van der Waals surface area (Å²) >= 11 is 7.37. The van der Waals surface area contributed by atoms with Crippen LogP contribution in [0.4, 0.5) is 5.69 Å². The third kappa shape index (κ3) is 5.37. The van der Waals surface area contributed by atoms with E-state index in [0.29, 0.717) is 41.5 Å². The van der Waals surface area contributed by atoms with E-state index in [9.17, 15) is 19.2 Å². The molecule has 3 atom stereocenters. The molecule has 4 rings (SSSR count). The van der Waals surface area contributed by atoms with E-state index in [1.807, 2.05) is 7.05 Å². The molecule has 0 saturated heterocycles. The van der Waals surface area contributed by atoms with Crippen LogP contribution in [-0.4, -0.2) is 71.6 Å². The van der Waals surface area contributed by atoms with Gasteiger partial charge in [-0.25, -0.2) is 4.98 Å². The maximum Gasteiger partial charge on any atom is 0.316 e. The number of nitrogens with one attached hydrogen (secondary N) is 1. The Morgan fingerprint density at radius 2 is 1.83 bits per heavy atom. The first-order chi connectivity index (χ1) is 17.0. The van der Waals surface area contributed by atoms with Crippen molar-refractivity contribution < 1.29 is 19.2 Å². The monoisotopic (exact) mass is 532 g/mol. The van der Waals surface area contributed by atoms with Crippen molar-refractivity contribution in [1.29, 1.82) is 0 Å². The number of amides is 4. The molecule has 0 bridgehead atoms. The number of nitrogens with zero attached hydrogens (tertiary/aromatic N) is 4. The molecule has 0 spiro atoms. The summed E-state index contributed by atoms with van der Waals surface area (Å²) in [5.41, 5.74) is 6.72. The number of aromatic nitrogens is 1. The fourth-order valence-corrected chi connectivity index (χ4v) is 6.08. The SMILES string of the molecule is CN1Cc2nc(C(=O)N[C@@H]3C[C@@H](C(=O)N(C)C)CC[C@@H]3N(C(=O)C(N)=O)c3ccc(Cl)cc3)sc2C1. The number of hydrogen-bond acceptors (Lipinski definition) is 7. The van der Waals surface area contributed by atoms with Crippen molar-refractivity contribution in [2.75, 3.05) is 26.0 Å². The molecule has 1 aromatic carbocycles. The summed E-state index contributed by atoms with van der Waals surface area (Å²) in [7, 11) is 5.36. The minimum Gasteiger partial charge on any atom is -0.361 e. The highest BCUT2D eigenvalue weighted by atomic mass is 35.5. The zero-order chi connectivity index (χ0) is 26.1. The molecule has 1 saturated carbocycles. The fraction of sp³-hybridized carbons (Fsp3) is 0.458. The van der Waals surface area contributed by atoms with Gasteiger partial charge in [0, 0.05) is 48.7 Å². The van der Waals surface area contributed by atoms with Gasteiger partial charge in [0.2, 0.25) is 5.91 Å². The first kappa shape index (κ1) is 26.1. The highest BCUT2D eigenvalue weighted by molar-refractivity contribution is 7.13. The third-order valence-corrected chi connectivity index (χ3v) is 7.93. The van der Waals surface area contributed by atoms with E-state index in [4.69, 9.17) is 17.3 Å². The summed E-state index contributed by atoms with van der Waals surface area (Å²) in [6.07, 6.45) is 1.18. The molecule has 4 amide bonds. The van der Waals surface area contributed by atoms with E-state index in [1.165, 1.54) is 21.1 Å². The van der Waals surface area contributed by atoms with E-state index in [0.717, 1.165) is 17.1 Å². The number of benzene rings is 1. The normalized spacial score (nSPS) is 21.5. The number of rotatable bonds is 5. The number of anilines is 1. The van der Waals surface area contributed by atoms with Crippen molar-refractivity contribution >= 4 is 52.3 Å². The molecule has 192 valence electrons. The lowest BCUT2D eigenvalue weighted by Gasteiger charge is -2.42. The molecule has 0 unspecified atom stereocenters. The molecule has 1 aromatic heterocycles. The van der Waals surface area contributed by atoms with Crippen LogP contribution >= 0.6 is 22.9 Å². The molecule has 1 aliphatic carbocycles. The van der Waals surface area contributed by atoms with Gasteiger partial charge in [0.1, 0.15) is 0 Å². The maximum absolute atomic E-state index is 13.3. The smallest absolute Gasteiger partial charge is 0.316 e. The molecule has 2 aromatic rings. The van der Waals surface area contributed by atoms with E-state index in [1.54, 1.807) is 38.4 Å². The Morgan fingerprint density at radius 1 is 1.14 bits per heavy atom. The summed E-state index contributed by atoms with van der Waals surface area (Å²) in [5, 5.41) is 3.83. The molecular formula is C24H29ClN6O4S. The molecule has 1 fully saturated rings. The van der Waals surface area contributed by atoms with Crippen LogP contribution < -0.4 is 16.0 Å². The number of halogens is 1. The Balaban J connectivity index is 1.65. The van der Waals surface area contributed by atoms with Gasteiger partial charge in [0.05, 0.1) is 17.8 Å². The molecular weight excluding hydrogens is 504 g/mol. The van der Waals surface area contributed by atoms with Gasteiger partial charge in [-0.3, -0.25) is 29.0 Å². The van der Waals surface area contributed by atoms with Crippen molar-refractivity contribution in [3.63, 3.8) is 0 Å². The van der Waals surface area contributed by atoms with Crippen molar-refractivity contribution in [3.8, 4) is 0 Å². The molecule has 2 aliphatic rings. The first-order valence-corrected chi connectivity index (χ1v) is 12.8. The van der Waals surface area contributed by atoms with E-state index >= 15 is 0 Å². The van der Waals surface area contributed by atoms with Crippen LogP contribution in [0.25, 0.3) is 0 Å². The zero-order valence-electron chi connectivity index (χ0n) is 20.4. The van der Waals surface area contributed by atoms with Gasteiger partial charge in [-0.2, -0.15) is 0 Å². The number of carbonyl (C=O) groups excluding carboxylic acids is 4. The molecule has 0 radical (unpaired) electrons. The van der Waals surface area contributed by atoms with E-state index < -0.39 is 23.9 Å². The third-order valence-electron chi connectivity index (χ3n) is 6.59. The second-order valence-electron chi connectivity index (χ2n) is 9.47. The average Bonchev–Trinajstić information content (AvgIpc) is 3.38. The van der Waals surface area contributed by atoms with Crippen LogP contribution in [0.15, 0.2) is 24.3 Å². The minimum atomic E-state index is -1.11. The molecule has 12 heteroatoms. The van der Waals surface area contributed by atoms with Crippen LogP contribution in [-0.2, 0) is 27.5 Å². The highest BCUT2D eigenvalue weighted by Gasteiger charge is 2.42. The summed E-state index contributed by atoms with van der Waals surface area (Å²) in [5.74, 6) is -2.76. The van der Waals surface area contributed by atoms with E-state index in [-0.39, 0.29) is 17.7 Å². The first-order valence-electron chi connectivity index (χ1n) is 11.6. The topological polar surface area (TPSA) is 129 Å². The Bertz CT molecular complexity index is 1160. The lowest BCUT2D eigenvalue weighted by Crippen LogP contribution is -2.59. The molecule has 2 heterocycles. The van der Waals surface area contributed by atoms with Crippen LogP contribution in [0.2, 0.25) is 5.02 Å². The zero-order valence-corrected chi connectivity index (χ0v) is 21.9. The van der Waals surface area contributed by atoms with Gasteiger partial charge in [0.25, 0.3) is 5.91 Å². The second-order valence-corrected chi connectivity index (χ2v) is 11.0. The van der Waals surface area contributed by atoms with Crippen LogP contribution in [0.1, 0.15) is 39.6 Å². The standard InChI is InChI=1S/C24H29ClN6O4S/c1-29(2)23(34)13-4-9-18(31(24(35)20(26)32)15-7-5-14(25)6-8-15)16(10-13)27-21(33)22-28-17-11-30(3)12-19(17)36-22/h5-8,13,16,18H,4,9-12H2,1-3H3,(H2,26,32)(H,27,33)/t13-,16+,18-/m0/s1. The average molecular weight is 533 g/mol. The van der Waals surface area contributed by atoms with Gasteiger partial charge in [-0.1, -0.05) is 11.6 Å². The van der Waals surface area contributed by atoms with Gasteiger partial charge >= 0.3 is 11.8 Å². The van der Waals surface area contributed by atoms with Crippen molar-refractivity contribution in [2.45, 2.75) is 44.4 Å². The quantitative estimate of drug-likeness (QED) is 0.563. The number of primary amides is 1. The van der Waals surface area contributed by atoms with Crippen LogP contribution in [0, 0.1) is 5.92 Å². The fourth-order valence-electron chi connectivity index (χ4n) is 4.90. The Morgan fingerprint density at radius 3 is 2.44 bits per heavy atom. The Labute approximate surface area is 218 Å². The summed E-state index contributed by atoms with van der Waals surface area (Å²) < 4.78 is 0. The summed E-state index contributed by atoms with van der Waals surface area (Å²) in [6, 6.07) is 5.27. The number of thiazole rings is 1. The maximum atomic E-state index is 13.3. The Kier molecular flexibility index (Phi) is 7.62. The molecule has 36 heavy (non-hydrogen) atoms. The molecule has 3 N–H and O–H groups in total. The lowest BCUT2D eigenvalue weighted by molar-refractivity contribution is -0.136. The lowest BCUT2D eigenvalue weighted by atomic mass is 9.80. The van der Waals surface area contributed by atoms with Gasteiger partial charge in [-0.05, 0) is 50.6 Å². The van der Waals surface area contributed by atoms with Crippen LogP contribution in [0.3, 0.4) is 0 Å². The van der Waals surface area contributed by atoms with Crippen molar-refractivity contribution in [1.82, 2.24) is 20.1 Å². The predicted octanol–water partition coefficient (Wildman–Crippen LogP) is 1.62. The Hall–Kier alpha value is -3.02. The number of hydrogen-bond donors (Lipinski definition) is 2. The summed E-state index contributed by atoms with van der Waals surface area (Å²) in [6.45, 7) is 1.42. The van der Waals surface area contributed by atoms with Gasteiger partial charge < -0.3 is 16.0 Å². The van der Waals surface area contributed by atoms with Crippen molar-refractivity contribution in [3.05, 3.63) is 44.9 Å². The number of fused-ring (bicyclic) bond motifs is 1. The number of nitrogens with two attached hydrogens (primary N) is 1. The van der Waals surface area contributed by atoms with Crippen molar-refractivity contribution in [2.24, 2.45) is 11.7 Å². The predicted molar refractivity (Wildman–Crippen MR) is 136 cm³/mol. The molecule has 10 nitrogen and oxygen atoms in total. The number of carbonyl (C=O) groups is 4. The minimum absolute atomic E-state index is 0.0526. The largest absolute Gasteiger partial charge is 0.361 e. The van der Waals surface area contributed by atoms with Gasteiger partial charge in [0.15, 0.2) is 5.01 Å². The highest BCUT2D eigenvalue weighted by Crippen LogP contribution is 2.33.